The van der Waals surface area contributed by atoms with E-state index in [1.807, 2.05) is 18.2 Å². The molecule has 0 atom stereocenters. The lowest BCUT2D eigenvalue weighted by Crippen LogP contribution is -2.08. The number of aliphatic carboxylic acids is 1. The van der Waals surface area contributed by atoms with Crippen molar-refractivity contribution in [3.8, 4) is 5.75 Å². The number of methoxy groups -OCH3 is 1. The smallest absolute Gasteiger partial charge is 0.303 e. The highest BCUT2D eigenvalue weighted by Crippen LogP contribution is 2.25. The van der Waals surface area contributed by atoms with Gasteiger partial charge in [-0.25, -0.2) is 4.98 Å². The first kappa shape index (κ1) is 13.4. The molecule has 2 aromatic rings. The van der Waals surface area contributed by atoms with Crippen LogP contribution in [-0.2, 0) is 11.2 Å². The molecule has 0 radical (unpaired) electrons. The van der Waals surface area contributed by atoms with Crippen molar-refractivity contribution in [2.45, 2.75) is 32.7 Å². The van der Waals surface area contributed by atoms with Crippen LogP contribution in [-0.4, -0.2) is 27.7 Å². The number of hydrogen-bond donors (Lipinski definition) is 1. The fourth-order valence-corrected chi connectivity index (χ4v) is 2.23. The summed E-state index contributed by atoms with van der Waals surface area (Å²) < 4.78 is 7.27. The van der Waals surface area contributed by atoms with E-state index in [1.165, 1.54) is 0 Å². The molecule has 5 heteroatoms. The standard InChI is InChI=1S/C14H18N2O3/c1-9(2)16-12-5-4-10(19-3)8-11(12)15-13(16)6-7-14(17)18/h4-5,8-9H,6-7H2,1-3H3,(H,17,18). The molecule has 0 saturated carbocycles. The van der Waals surface area contributed by atoms with Crippen LogP contribution in [0.25, 0.3) is 11.0 Å². The van der Waals surface area contributed by atoms with Gasteiger partial charge in [-0.15, -0.1) is 0 Å². The first-order chi connectivity index (χ1) is 9.02. The van der Waals surface area contributed by atoms with Crippen molar-refractivity contribution in [1.29, 1.82) is 0 Å². The molecule has 5 nitrogen and oxygen atoms in total. The lowest BCUT2D eigenvalue weighted by Gasteiger charge is -2.12. The molecule has 0 aliphatic rings. The fourth-order valence-electron chi connectivity index (χ4n) is 2.23. The van der Waals surface area contributed by atoms with E-state index >= 15 is 0 Å². The summed E-state index contributed by atoms with van der Waals surface area (Å²) in [5, 5.41) is 8.80. The minimum Gasteiger partial charge on any atom is -0.497 e. The minimum atomic E-state index is -0.806. The van der Waals surface area contributed by atoms with Crippen LogP contribution >= 0.6 is 0 Å². The largest absolute Gasteiger partial charge is 0.497 e. The highest BCUT2D eigenvalue weighted by atomic mass is 16.5. The van der Waals surface area contributed by atoms with Gasteiger partial charge in [-0.1, -0.05) is 0 Å². The molecular formula is C14H18N2O3. The van der Waals surface area contributed by atoms with E-state index in [1.54, 1.807) is 7.11 Å². The Morgan fingerprint density at radius 3 is 2.79 bits per heavy atom. The Balaban J connectivity index is 2.49. The molecule has 0 amide bonds. The highest BCUT2D eigenvalue weighted by Gasteiger charge is 2.14. The molecular weight excluding hydrogens is 244 g/mol. The van der Waals surface area contributed by atoms with Crippen molar-refractivity contribution in [3.05, 3.63) is 24.0 Å². The van der Waals surface area contributed by atoms with Crippen LogP contribution < -0.4 is 4.74 Å². The van der Waals surface area contributed by atoms with Gasteiger partial charge in [0.1, 0.15) is 11.6 Å². The number of aryl methyl sites for hydroxylation is 1. The first-order valence-corrected chi connectivity index (χ1v) is 6.29. The van der Waals surface area contributed by atoms with Gasteiger partial charge in [0.2, 0.25) is 0 Å². The van der Waals surface area contributed by atoms with E-state index in [2.05, 4.69) is 23.4 Å². The van der Waals surface area contributed by atoms with Gasteiger partial charge in [-0.3, -0.25) is 4.79 Å². The number of hydrogen-bond acceptors (Lipinski definition) is 3. The van der Waals surface area contributed by atoms with Gasteiger partial charge < -0.3 is 14.4 Å². The van der Waals surface area contributed by atoms with Crippen molar-refractivity contribution < 1.29 is 14.6 Å². The molecule has 1 N–H and O–H groups in total. The summed E-state index contributed by atoms with van der Waals surface area (Å²) in [5.74, 6) is 0.756. The van der Waals surface area contributed by atoms with Gasteiger partial charge in [0.05, 0.1) is 24.6 Å². The molecule has 0 saturated heterocycles. The zero-order valence-electron chi connectivity index (χ0n) is 11.4. The molecule has 0 aliphatic carbocycles. The predicted molar refractivity (Wildman–Crippen MR) is 72.6 cm³/mol. The number of carboxylic acids is 1. The molecule has 1 heterocycles. The van der Waals surface area contributed by atoms with Crippen LogP contribution in [0.15, 0.2) is 18.2 Å². The molecule has 19 heavy (non-hydrogen) atoms. The SMILES string of the molecule is COc1ccc2c(c1)nc(CCC(=O)O)n2C(C)C. The molecule has 1 aromatic carbocycles. The molecule has 0 aliphatic heterocycles. The van der Waals surface area contributed by atoms with Crippen molar-refractivity contribution >= 4 is 17.0 Å². The monoisotopic (exact) mass is 262 g/mol. The van der Waals surface area contributed by atoms with Gasteiger partial charge in [-0.05, 0) is 26.0 Å². The highest BCUT2D eigenvalue weighted by molar-refractivity contribution is 5.78. The number of carbonyl (C=O) groups is 1. The number of fused-ring (bicyclic) bond motifs is 1. The second-order valence-corrected chi connectivity index (χ2v) is 4.74. The van der Waals surface area contributed by atoms with Gasteiger partial charge in [0.25, 0.3) is 0 Å². The first-order valence-electron chi connectivity index (χ1n) is 6.29. The second-order valence-electron chi connectivity index (χ2n) is 4.74. The Bertz CT molecular complexity index is 602. The number of rotatable bonds is 5. The van der Waals surface area contributed by atoms with E-state index < -0.39 is 5.97 Å². The summed E-state index contributed by atoms with van der Waals surface area (Å²) in [6.45, 7) is 4.13. The molecule has 0 fully saturated rings. The van der Waals surface area contributed by atoms with E-state index in [9.17, 15) is 4.79 Å². The molecule has 0 bridgehead atoms. The summed E-state index contributed by atoms with van der Waals surface area (Å²) in [6.07, 6.45) is 0.525. The maximum atomic E-state index is 10.7. The van der Waals surface area contributed by atoms with Crippen LogP contribution in [0.5, 0.6) is 5.75 Å². The number of imidazole rings is 1. The Labute approximate surface area is 111 Å². The Kier molecular flexibility index (Phi) is 3.74. The zero-order valence-corrected chi connectivity index (χ0v) is 11.4. The molecule has 1 aromatic heterocycles. The number of ether oxygens (including phenoxy) is 1. The number of benzene rings is 1. The van der Waals surface area contributed by atoms with Gasteiger partial charge in [-0.2, -0.15) is 0 Å². The third kappa shape index (κ3) is 2.70. The number of aromatic nitrogens is 2. The number of nitrogens with zero attached hydrogens (tertiary/aromatic N) is 2. The van der Waals surface area contributed by atoms with E-state index in [0.717, 1.165) is 22.6 Å². The van der Waals surface area contributed by atoms with E-state index in [0.29, 0.717) is 6.42 Å². The Hall–Kier alpha value is -2.04. The van der Waals surface area contributed by atoms with Crippen molar-refractivity contribution in [2.75, 3.05) is 7.11 Å². The average molecular weight is 262 g/mol. The molecule has 102 valence electrons. The quantitative estimate of drug-likeness (QED) is 0.899. The lowest BCUT2D eigenvalue weighted by molar-refractivity contribution is -0.137. The second kappa shape index (κ2) is 5.30. The van der Waals surface area contributed by atoms with Gasteiger partial charge in [0.15, 0.2) is 0 Å². The lowest BCUT2D eigenvalue weighted by atomic mass is 10.2. The topological polar surface area (TPSA) is 64.3 Å². The minimum absolute atomic E-state index is 0.0905. The molecule has 0 unspecified atom stereocenters. The van der Waals surface area contributed by atoms with Crippen LogP contribution in [0.3, 0.4) is 0 Å². The van der Waals surface area contributed by atoms with Crippen LogP contribution in [0.4, 0.5) is 0 Å². The third-order valence-corrected chi connectivity index (χ3v) is 3.05. The summed E-state index contributed by atoms with van der Waals surface area (Å²) >= 11 is 0. The fraction of sp³-hybridized carbons (Fsp3) is 0.429. The van der Waals surface area contributed by atoms with Gasteiger partial charge >= 0.3 is 5.97 Å². The van der Waals surface area contributed by atoms with Crippen molar-refractivity contribution in [3.63, 3.8) is 0 Å². The summed E-state index contributed by atoms with van der Waals surface area (Å²) in [7, 11) is 1.62. The van der Waals surface area contributed by atoms with E-state index in [4.69, 9.17) is 9.84 Å². The van der Waals surface area contributed by atoms with Crippen LogP contribution in [0, 0.1) is 0 Å². The number of carboxylic acid groups (broad SMARTS) is 1. The third-order valence-electron chi connectivity index (χ3n) is 3.05. The Morgan fingerprint density at radius 2 is 2.21 bits per heavy atom. The molecule has 0 spiro atoms. The van der Waals surface area contributed by atoms with Crippen molar-refractivity contribution in [1.82, 2.24) is 9.55 Å². The average Bonchev–Trinajstić information content (AvgIpc) is 2.73. The normalized spacial score (nSPS) is 11.2. The Morgan fingerprint density at radius 1 is 1.47 bits per heavy atom. The summed E-state index contributed by atoms with van der Waals surface area (Å²) in [6, 6.07) is 5.97. The summed E-state index contributed by atoms with van der Waals surface area (Å²) in [4.78, 5) is 15.2. The van der Waals surface area contributed by atoms with Gasteiger partial charge in [0, 0.05) is 18.5 Å². The molecule has 2 rings (SSSR count). The van der Waals surface area contributed by atoms with Crippen LogP contribution in [0.1, 0.15) is 32.1 Å². The maximum absolute atomic E-state index is 10.7. The zero-order chi connectivity index (χ0) is 14.0. The van der Waals surface area contributed by atoms with Crippen molar-refractivity contribution in [2.24, 2.45) is 0 Å². The van der Waals surface area contributed by atoms with E-state index in [-0.39, 0.29) is 12.5 Å². The summed E-state index contributed by atoms with van der Waals surface area (Å²) in [5.41, 5.74) is 1.85. The van der Waals surface area contributed by atoms with Crippen LogP contribution in [0.2, 0.25) is 0 Å². The predicted octanol–water partition coefficient (Wildman–Crippen LogP) is 2.64. The maximum Gasteiger partial charge on any atom is 0.303 e.